The highest BCUT2D eigenvalue weighted by Crippen LogP contribution is 2.22. The second kappa shape index (κ2) is 4.75. The average Bonchev–Trinajstić information content (AvgIpc) is 2.26. The fraction of sp³-hybridized carbons (Fsp3) is 0.300. The third kappa shape index (κ3) is 2.24. The summed E-state index contributed by atoms with van der Waals surface area (Å²) in [6.07, 6.45) is 0. The maximum absolute atomic E-state index is 13.4. The van der Waals surface area contributed by atoms with E-state index in [1.165, 1.54) is 39.5 Å². The van der Waals surface area contributed by atoms with Crippen molar-refractivity contribution in [2.75, 3.05) is 21.3 Å². The summed E-state index contributed by atoms with van der Waals surface area (Å²) in [6.45, 7) is 0. The molecule has 0 spiro atoms. The van der Waals surface area contributed by atoms with E-state index >= 15 is 0 Å². The minimum absolute atomic E-state index is 0.135. The highest BCUT2D eigenvalue weighted by atomic mass is 19.1. The predicted molar refractivity (Wildman–Crippen MR) is 52.1 cm³/mol. The summed E-state index contributed by atoms with van der Waals surface area (Å²) in [5.41, 5.74) is -0.135. The zero-order chi connectivity index (χ0) is 11.4. The molecule has 0 fully saturated rings. The number of methoxy groups -OCH3 is 1. The van der Waals surface area contributed by atoms with Crippen molar-refractivity contribution in [1.82, 2.24) is 5.06 Å². The van der Waals surface area contributed by atoms with Gasteiger partial charge in [-0.25, -0.2) is 9.45 Å². The van der Waals surface area contributed by atoms with Crippen LogP contribution in [-0.4, -0.2) is 32.2 Å². The van der Waals surface area contributed by atoms with Gasteiger partial charge in [-0.05, 0) is 12.1 Å². The number of benzene rings is 1. The van der Waals surface area contributed by atoms with Gasteiger partial charge in [-0.2, -0.15) is 0 Å². The normalized spacial score (nSPS) is 9.87. The summed E-state index contributed by atoms with van der Waals surface area (Å²) in [6, 6.07) is 4.18. The van der Waals surface area contributed by atoms with Crippen molar-refractivity contribution in [1.29, 1.82) is 0 Å². The average molecular weight is 213 g/mol. The Morgan fingerprint density at radius 2 is 2.07 bits per heavy atom. The van der Waals surface area contributed by atoms with Gasteiger partial charge in [0, 0.05) is 7.05 Å². The molecule has 0 radical (unpaired) electrons. The maximum atomic E-state index is 13.4. The number of carbonyl (C=O) groups is 1. The molecule has 0 bridgehead atoms. The van der Waals surface area contributed by atoms with E-state index in [0.717, 1.165) is 5.06 Å². The largest absolute Gasteiger partial charge is 0.496 e. The molecule has 1 amide bonds. The quantitative estimate of drug-likeness (QED) is 0.713. The highest BCUT2D eigenvalue weighted by Gasteiger charge is 2.20. The van der Waals surface area contributed by atoms with Crippen molar-refractivity contribution in [3.05, 3.63) is 29.6 Å². The van der Waals surface area contributed by atoms with Crippen LogP contribution in [0.25, 0.3) is 0 Å². The molecule has 82 valence electrons. The molecule has 1 aromatic carbocycles. The molecule has 4 nitrogen and oxygen atoms in total. The molecular weight excluding hydrogens is 201 g/mol. The summed E-state index contributed by atoms with van der Waals surface area (Å²) < 4.78 is 18.3. The highest BCUT2D eigenvalue weighted by molar-refractivity contribution is 5.96. The standard InChI is InChI=1S/C10H12FNO3/c1-12(15-3)10(13)9-7(11)5-4-6-8(9)14-2/h4-6H,1-3H3. The number of hydroxylamine groups is 2. The molecule has 0 unspecified atom stereocenters. The Labute approximate surface area is 87.2 Å². The molecule has 15 heavy (non-hydrogen) atoms. The van der Waals surface area contributed by atoms with E-state index in [-0.39, 0.29) is 11.3 Å². The molecule has 0 N–H and O–H groups in total. The lowest BCUT2D eigenvalue weighted by Gasteiger charge is -2.15. The smallest absolute Gasteiger partial charge is 0.283 e. The van der Waals surface area contributed by atoms with Gasteiger partial charge in [0.05, 0.1) is 14.2 Å². The lowest BCUT2D eigenvalue weighted by atomic mass is 10.1. The van der Waals surface area contributed by atoms with Crippen LogP contribution in [0.2, 0.25) is 0 Å². The van der Waals surface area contributed by atoms with E-state index in [9.17, 15) is 9.18 Å². The number of rotatable bonds is 3. The van der Waals surface area contributed by atoms with E-state index in [0.29, 0.717) is 0 Å². The predicted octanol–water partition coefficient (Wildman–Crippen LogP) is 1.47. The van der Waals surface area contributed by atoms with Crippen LogP contribution < -0.4 is 4.74 Å². The van der Waals surface area contributed by atoms with Gasteiger partial charge in [0.25, 0.3) is 5.91 Å². The molecule has 0 aliphatic rings. The van der Waals surface area contributed by atoms with E-state index in [1.54, 1.807) is 0 Å². The summed E-state index contributed by atoms with van der Waals surface area (Å²) in [5, 5.41) is 0.931. The lowest BCUT2D eigenvalue weighted by Crippen LogP contribution is -2.26. The summed E-state index contributed by atoms with van der Waals surface area (Å²) in [7, 11) is 4.10. The molecular formula is C10H12FNO3. The van der Waals surface area contributed by atoms with Crippen LogP contribution in [0.1, 0.15) is 10.4 Å². The van der Waals surface area contributed by atoms with Gasteiger partial charge in [-0.15, -0.1) is 0 Å². The first-order valence-electron chi connectivity index (χ1n) is 4.26. The van der Waals surface area contributed by atoms with E-state index in [2.05, 4.69) is 4.84 Å². The van der Waals surface area contributed by atoms with Crippen molar-refractivity contribution < 1.29 is 18.8 Å². The Hall–Kier alpha value is -1.62. The van der Waals surface area contributed by atoms with Gasteiger partial charge in [0.15, 0.2) is 0 Å². The van der Waals surface area contributed by atoms with Crippen LogP contribution >= 0.6 is 0 Å². The number of ether oxygens (including phenoxy) is 1. The molecule has 1 aromatic rings. The van der Waals surface area contributed by atoms with Gasteiger partial charge >= 0.3 is 0 Å². The fourth-order valence-electron chi connectivity index (χ4n) is 1.12. The van der Waals surface area contributed by atoms with Gasteiger partial charge in [0.1, 0.15) is 17.1 Å². The Balaban J connectivity index is 3.17. The van der Waals surface area contributed by atoms with E-state index in [1.807, 2.05) is 0 Å². The molecule has 1 rings (SSSR count). The summed E-state index contributed by atoms with van der Waals surface area (Å²) in [5.74, 6) is -1.04. The minimum Gasteiger partial charge on any atom is -0.496 e. The zero-order valence-electron chi connectivity index (χ0n) is 8.78. The van der Waals surface area contributed by atoms with Crippen LogP contribution in [0.4, 0.5) is 4.39 Å². The third-order valence-corrected chi connectivity index (χ3v) is 1.97. The van der Waals surface area contributed by atoms with Crippen LogP contribution in [-0.2, 0) is 4.84 Å². The Kier molecular flexibility index (Phi) is 3.62. The van der Waals surface area contributed by atoms with Crippen LogP contribution in [0, 0.1) is 5.82 Å². The second-order valence-corrected chi connectivity index (χ2v) is 2.80. The van der Waals surface area contributed by atoms with E-state index < -0.39 is 11.7 Å². The van der Waals surface area contributed by atoms with Crippen LogP contribution in [0.3, 0.4) is 0 Å². The van der Waals surface area contributed by atoms with Gasteiger partial charge in [0.2, 0.25) is 0 Å². The molecule has 0 aliphatic heterocycles. The van der Waals surface area contributed by atoms with Gasteiger partial charge < -0.3 is 4.74 Å². The first-order valence-corrected chi connectivity index (χ1v) is 4.26. The van der Waals surface area contributed by atoms with Crippen molar-refractivity contribution in [2.45, 2.75) is 0 Å². The van der Waals surface area contributed by atoms with Gasteiger partial charge in [-0.3, -0.25) is 9.63 Å². The molecule has 0 saturated heterocycles. The second-order valence-electron chi connectivity index (χ2n) is 2.80. The van der Waals surface area contributed by atoms with E-state index in [4.69, 9.17) is 4.74 Å². The number of amides is 1. The van der Waals surface area contributed by atoms with Crippen molar-refractivity contribution in [3.8, 4) is 5.75 Å². The monoisotopic (exact) mass is 213 g/mol. The molecule has 5 heteroatoms. The fourth-order valence-corrected chi connectivity index (χ4v) is 1.12. The molecule has 0 atom stereocenters. The maximum Gasteiger partial charge on any atom is 0.283 e. The molecule has 0 aliphatic carbocycles. The molecule has 0 aromatic heterocycles. The topological polar surface area (TPSA) is 38.8 Å². The Morgan fingerprint density at radius 1 is 1.40 bits per heavy atom. The zero-order valence-corrected chi connectivity index (χ0v) is 8.78. The first kappa shape index (κ1) is 11.5. The summed E-state index contributed by atoms with van der Waals surface area (Å²) >= 11 is 0. The SMILES string of the molecule is COc1cccc(F)c1C(=O)N(C)OC. The van der Waals surface area contributed by atoms with Crippen molar-refractivity contribution in [3.63, 3.8) is 0 Å². The minimum atomic E-state index is -0.636. The number of nitrogens with zero attached hydrogens (tertiary/aromatic N) is 1. The number of halogens is 1. The van der Waals surface area contributed by atoms with Gasteiger partial charge in [-0.1, -0.05) is 6.07 Å². The Morgan fingerprint density at radius 3 is 2.60 bits per heavy atom. The lowest BCUT2D eigenvalue weighted by molar-refractivity contribution is -0.0760. The summed E-state index contributed by atoms with van der Waals surface area (Å²) in [4.78, 5) is 16.3. The Bertz CT molecular complexity index is 368. The number of hydrogen-bond donors (Lipinski definition) is 0. The molecule has 0 saturated carbocycles. The van der Waals surface area contributed by atoms with Crippen molar-refractivity contribution in [2.24, 2.45) is 0 Å². The number of hydrogen-bond acceptors (Lipinski definition) is 3. The third-order valence-electron chi connectivity index (χ3n) is 1.97. The van der Waals surface area contributed by atoms with Crippen LogP contribution in [0.5, 0.6) is 5.75 Å². The van der Waals surface area contributed by atoms with Crippen LogP contribution in [0.15, 0.2) is 18.2 Å². The first-order chi connectivity index (χ1) is 7.11. The van der Waals surface area contributed by atoms with Crippen molar-refractivity contribution >= 4 is 5.91 Å². The number of carbonyl (C=O) groups excluding carboxylic acids is 1. The molecule has 0 heterocycles.